The summed E-state index contributed by atoms with van der Waals surface area (Å²) in [5.41, 5.74) is 4.79. The number of aromatic nitrogens is 4. The summed E-state index contributed by atoms with van der Waals surface area (Å²) in [5.74, 6) is 0.518. The quantitative estimate of drug-likeness (QED) is 0.766. The van der Waals surface area contributed by atoms with Gasteiger partial charge in [0.1, 0.15) is 6.33 Å². The van der Waals surface area contributed by atoms with Crippen molar-refractivity contribution in [3.63, 3.8) is 0 Å². The smallest absolute Gasteiger partial charge is 0.252 e. The van der Waals surface area contributed by atoms with Crippen molar-refractivity contribution in [2.45, 2.75) is 26.8 Å². The van der Waals surface area contributed by atoms with Crippen LogP contribution in [0.3, 0.4) is 0 Å². The van der Waals surface area contributed by atoms with Crippen LogP contribution in [-0.4, -0.2) is 39.6 Å². The third-order valence-corrected chi connectivity index (χ3v) is 4.27. The third-order valence-electron chi connectivity index (χ3n) is 4.27. The van der Waals surface area contributed by atoms with Crippen molar-refractivity contribution in [2.24, 2.45) is 0 Å². The highest BCUT2D eigenvalue weighted by atomic mass is 16.1. The topological polar surface area (TPSA) is 75.4 Å². The first kappa shape index (κ1) is 16.9. The van der Waals surface area contributed by atoms with Gasteiger partial charge in [0, 0.05) is 43.3 Å². The maximum absolute atomic E-state index is 12.3. The SMILES string of the molecule is Cc1nc2ncnn2c(C)c1CC(=O)NCc1ccc(N(C)C)cc1. The van der Waals surface area contributed by atoms with Crippen LogP contribution in [-0.2, 0) is 17.8 Å². The molecule has 0 fully saturated rings. The number of hydrogen-bond donors (Lipinski definition) is 1. The summed E-state index contributed by atoms with van der Waals surface area (Å²) in [6.07, 6.45) is 1.74. The molecule has 0 unspecified atom stereocenters. The number of nitrogens with one attached hydrogen (secondary N) is 1. The highest BCUT2D eigenvalue weighted by Crippen LogP contribution is 2.14. The van der Waals surface area contributed by atoms with Gasteiger partial charge in [-0.15, -0.1) is 0 Å². The molecule has 0 aliphatic heterocycles. The van der Waals surface area contributed by atoms with Crippen LogP contribution in [0.2, 0.25) is 0 Å². The summed E-state index contributed by atoms with van der Waals surface area (Å²) in [4.78, 5) is 22.9. The number of amides is 1. The fourth-order valence-corrected chi connectivity index (χ4v) is 2.75. The lowest BCUT2D eigenvalue weighted by Crippen LogP contribution is -2.26. The van der Waals surface area contributed by atoms with Crippen LogP contribution in [0, 0.1) is 13.8 Å². The van der Waals surface area contributed by atoms with Crippen LogP contribution in [0.1, 0.15) is 22.5 Å². The molecular weight excluding hydrogens is 316 g/mol. The number of anilines is 1. The molecule has 25 heavy (non-hydrogen) atoms. The molecule has 0 aliphatic rings. The minimum absolute atomic E-state index is 0.0378. The Morgan fingerprint density at radius 2 is 1.92 bits per heavy atom. The fourth-order valence-electron chi connectivity index (χ4n) is 2.75. The van der Waals surface area contributed by atoms with Crippen LogP contribution in [0.5, 0.6) is 0 Å². The van der Waals surface area contributed by atoms with Gasteiger partial charge < -0.3 is 10.2 Å². The van der Waals surface area contributed by atoms with Crippen LogP contribution in [0.15, 0.2) is 30.6 Å². The van der Waals surface area contributed by atoms with Crippen LogP contribution >= 0.6 is 0 Å². The zero-order chi connectivity index (χ0) is 18.0. The van der Waals surface area contributed by atoms with E-state index < -0.39 is 0 Å². The maximum atomic E-state index is 12.3. The van der Waals surface area contributed by atoms with E-state index in [9.17, 15) is 4.79 Å². The molecule has 7 heteroatoms. The van der Waals surface area contributed by atoms with Gasteiger partial charge in [-0.05, 0) is 31.5 Å². The summed E-state index contributed by atoms with van der Waals surface area (Å²) in [6.45, 7) is 4.33. The number of rotatable bonds is 5. The van der Waals surface area contributed by atoms with Crippen molar-refractivity contribution in [2.75, 3.05) is 19.0 Å². The second kappa shape index (κ2) is 6.88. The summed E-state index contributed by atoms with van der Waals surface area (Å²) >= 11 is 0. The highest BCUT2D eigenvalue weighted by molar-refractivity contribution is 5.79. The Morgan fingerprint density at radius 1 is 1.20 bits per heavy atom. The fraction of sp³-hybridized carbons (Fsp3) is 0.333. The number of hydrogen-bond acceptors (Lipinski definition) is 5. The summed E-state index contributed by atoms with van der Waals surface area (Å²) < 4.78 is 1.66. The molecule has 1 amide bonds. The number of nitrogens with zero attached hydrogens (tertiary/aromatic N) is 5. The van der Waals surface area contributed by atoms with E-state index in [0.717, 1.165) is 28.2 Å². The molecule has 2 aromatic heterocycles. The Morgan fingerprint density at radius 3 is 2.60 bits per heavy atom. The van der Waals surface area contributed by atoms with Gasteiger partial charge in [-0.1, -0.05) is 12.1 Å². The Bertz CT molecular complexity index is 898. The predicted molar refractivity (Wildman–Crippen MR) is 96.6 cm³/mol. The molecule has 0 radical (unpaired) electrons. The normalized spacial score (nSPS) is 10.9. The number of fused-ring (bicyclic) bond motifs is 1. The van der Waals surface area contributed by atoms with E-state index in [1.807, 2.05) is 57.1 Å². The highest BCUT2D eigenvalue weighted by Gasteiger charge is 2.14. The Balaban J connectivity index is 1.66. The Kier molecular flexibility index (Phi) is 4.65. The number of aryl methyl sites for hydroxylation is 2. The van der Waals surface area contributed by atoms with Gasteiger partial charge in [-0.3, -0.25) is 4.79 Å². The molecule has 0 bridgehead atoms. The van der Waals surface area contributed by atoms with E-state index in [1.54, 1.807) is 4.52 Å². The number of benzene rings is 1. The zero-order valence-electron chi connectivity index (χ0n) is 14.9. The van der Waals surface area contributed by atoms with Crippen LogP contribution < -0.4 is 10.2 Å². The molecule has 2 heterocycles. The first-order valence-electron chi connectivity index (χ1n) is 8.14. The monoisotopic (exact) mass is 338 g/mol. The molecule has 0 spiro atoms. The molecule has 1 N–H and O–H groups in total. The first-order chi connectivity index (χ1) is 12.0. The van der Waals surface area contributed by atoms with E-state index in [4.69, 9.17) is 0 Å². The van der Waals surface area contributed by atoms with E-state index in [1.165, 1.54) is 6.33 Å². The van der Waals surface area contributed by atoms with Gasteiger partial charge in [0.2, 0.25) is 5.91 Å². The van der Waals surface area contributed by atoms with Crippen LogP contribution in [0.25, 0.3) is 5.78 Å². The van der Waals surface area contributed by atoms with E-state index >= 15 is 0 Å². The van der Waals surface area contributed by atoms with Gasteiger partial charge in [0.05, 0.1) is 6.42 Å². The second-order valence-corrected chi connectivity index (χ2v) is 6.25. The van der Waals surface area contributed by atoms with Crippen molar-refractivity contribution in [3.05, 3.63) is 53.1 Å². The van der Waals surface area contributed by atoms with Crippen LogP contribution in [0.4, 0.5) is 5.69 Å². The summed E-state index contributed by atoms with van der Waals surface area (Å²) in [6, 6.07) is 8.13. The largest absolute Gasteiger partial charge is 0.378 e. The van der Waals surface area contributed by atoms with Crippen molar-refractivity contribution >= 4 is 17.4 Å². The lowest BCUT2D eigenvalue weighted by atomic mass is 10.1. The lowest BCUT2D eigenvalue weighted by Gasteiger charge is -2.13. The summed E-state index contributed by atoms with van der Waals surface area (Å²) in [5, 5.41) is 7.12. The minimum atomic E-state index is -0.0378. The molecule has 1 aromatic carbocycles. The van der Waals surface area contributed by atoms with E-state index in [2.05, 4.69) is 20.4 Å². The molecule has 0 aliphatic carbocycles. The van der Waals surface area contributed by atoms with Gasteiger partial charge in [-0.25, -0.2) is 9.50 Å². The molecule has 0 saturated carbocycles. The standard InChI is InChI=1S/C18H22N6O/c1-12-16(13(2)24-18(22-12)20-11-21-24)9-17(25)19-10-14-5-7-15(8-6-14)23(3)4/h5-8,11H,9-10H2,1-4H3,(H,19,25). The molecule has 3 rings (SSSR count). The lowest BCUT2D eigenvalue weighted by molar-refractivity contribution is -0.120. The number of carbonyl (C=O) groups excluding carboxylic acids is 1. The minimum Gasteiger partial charge on any atom is -0.378 e. The maximum Gasteiger partial charge on any atom is 0.252 e. The second-order valence-electron chi connectivity index (χ2n) is 6.25. The molecular formula is C18H22N6O. The van der Waals surface area contributed by atoms with Crippen molar-refractivity contribution < 1.29 is 4.79 Å². The van der Waals surface area contributed by atoms with Crippen molar-refractivity contribution in [3.8, 4) is 0 Å². The average Bonchev–Trinajstić information content (AvgIpc) is 3.05. The summed E-state index contributed by atoms with van der Waals surface area (Å²) in [7, 11) is 4.00. The van der Waals surface area contributed by atoms with Crippen molar-refractivity contribution in [1.29, 1.82) is 0 Å². The molecule has 7 nitrogen and oxygen atoms in total. The third kappa shape index (κ3) is 3.60. The molecule has 3 aromatic rings. The Hall–Kier alpha value is -2.96. The van der Waals surface area contributed by atoms with Gasteiger partial charge in [0.25, 0.3) is 5.78 Å². The molecule has 0 saturated heterocycles. The van der Waals surface area contributed by atoms with Gasteiger partial charge in [0.15, 0.2) is 0 Å². The number of carbonyl (C=O) groups is 1. The predicted octanol–water partition coefficient (Wildman–Crippen LogP) is 1.67. The van der Waals surface area contributed by atoms with E-state index in [-0.39, 0.29) is 12.3 Å². The molecule has 0 atom stereocenters. The van der Waals surface area contributed by atoms with Crippen molar-refractivity contribution in [1.82, 2.24) is 24.9 Å². The Labute approximate surface area is 146 Å². The molecule has 130 valence electrons. The van der Waals surface area contributed by atoms with E-state index in [0.29, 0.717) is 12.3 Å². The van der Waals surface area contributed by atoms with Gasteiger partial charge in [-0.2, -0.15) is 10.1 Å². The zero-order valence-corrected chi connectivity index (χ0v) is 14.9. The van der Waals surface area contributed by atoms with Gasteiger partial charge >= 0.3 is 0 Å². The average molecular weight is 338 g/mol. The first-order valence-corrected chi connectivity index (χ1v) is 8.14.